The van der Waals surface area contributed by atoms with Crippen LogP contribution < -0.4 is 11.1 Å². The second-order valence-electron chi connectivity index (χ2n) is 3.78. The van der Waals surface area contributed by atoms with Crippen LogP contribution in [0.5, 0.6) is 0 Å². The van der Waals surface area contributed by atoms with E-state index in [9.17, 15) is 0 Å². The molecule has 1 atom stereocenters. The SMILES string of the molecule is CC(CNc1cccc(N)c1)c1nccs1. The van der Waals surface area contributed by atoms with Crippen LogP contribution in [0.25, 0.3) is 0 Å². The molecule has 0 aliphatic heterocycles. The zero-order valence-electron chi connectivity index (χ0n) is 9.18. The number of hydrogen-bond acceptors (Lipinski definition) is 4. The lowest BCUT2D eigenvalue weighted by Gasteiger charge is -2.11. The molecule has 0 spiro atoms. The van der Waals surface area contributed by atoms with E-state index in [1.54, 1.807) is 11.3 Å². The highest BCUT2D eigenvalue weighted by molar-refractivity contribution is 7.09. The minimum Gasteiger partial charge on any atom is -0.399 e. The topological polar surface area (TPSA) is 50.9 Å². The van der Waals surface area contributed by atoms with E-state index in [0.717, 1.165) is 22.9 Å². The van der Waals surface area contributed by atoms with E-state index in [1.165, 1.54) is 0 Å². The van der Waals surface area contributed by atoms with Gasteiger partial charge in [-0.05, 0) is 18.2 Å². The first kappa shape index (κ1) is 11.0. The van der Waals surface area contributed by atoms with E-state index in [2.05, 4.69) is 17.2 Å². The molecule has 0 fully saturated rings. The van der Waals surface area contributed by atoms with Crippen LogP contribution >= 0.6 is 11.3 Å². The Kier molecular flexibility index (Phi) is 3.41. The third kappa shape index (κ3) is 2.73. The molecule has 2 aromatic rings. The normalized spacial score (nSPS) is 12.3. The van der Waals surface area contributed by atoms with Gasteiger partial charge in [0.15, 0.2) is 0 Å². The Morgan fingerprint density at radius 1 is 1.50 bits per heavy atom. The van der Waals surface area contributed by atoms with Crippen LogP contribution in [0.15, 0.2) is 35.8 Å². The van der Waals surface area contributed by atoms with Crippen molar-refractivity contribution < 1.29 is 0 Å². The van der Waals surface area contributed by atoms with E-state index in [-0.39, 0.29) is 0 Å². The van der Waals surface area contributed by atoms with Crippen LogP contribution in [0, 0.1) is 0 Å². The van der Waals surface area contributed by atoms with Gasteiger partial charge in [-0.25, -0.2) is 4.98 Å². The molecule has 3 nitrogen and oxygen atoms in total. The number of nitrogens with zero attached hydrogens (tertiary/aromatic N) is 1. The number of nitrogens with two attached hydrogens (primary N) is 1. The van der Waals surface area contributed by atoms with Crippen molar-refractivity contribution in [1.29, 1.82) is 0 Å². The van der Waals surface area contributed by atoms with Gasteiger partial charge in [0.1, 0.15) is 0 Å². The van der Waals surface area contributed by atoms with Crippen molar-refractivity contribution in [2.24, 2.45) is 0 Å². The highest BCUT2D eigenvalue weighted by atomic mass is 32.1. The van der Waals surface area contributed by atoms with E-state index in [0.29, 0.717) is 5.92 Å². The third-order valence-corrected chi connectivity index (χ3v) is 3.38. The van der Waals surface area contributed by atoms with Crippen molar-refractivity contribution in [3.63, 3.8) is 0 Å². The average molecular weight is 233 g/mol. The van der Waals surface area contributed by atoms with Crippen molar-refractivity contribution in [1.82, 2.24) is 4.98 Å². The van der Waals surface area contributed by atoms with Gasteiger partial charge < -0.3 is 11.1 Å². The summed E-state index contributed by atoms with van der Waals surface area (Å²) in [4.78, 5) is 4.30. The van der Waals surface area contributed by atoms with Crippen molar-refractivity contribution in [3.05, 3.63) is 40.8 Å². The lowest BCUT2D eigenvalue weighted by Crippen LogP contribution is -2.09. The van der Waals surface area contributed by atoms with Gasteiger partial charge in [-0.1, -0.05) is 13.0 Å². The molecule has 0 saturated heterocycles. The quantitative estimate of drug-likeness (QED) is 0.798. The summed E-state index contributed by atoms with van der Waals surface area (Å²) in [7, 11) is 0. The highest BCUT2D eigenvalue weighted by Crippen LogP contribution is 2.19. The molecule has 0 saturated carbocycles. The van der Waals surface area contributed by atoms with Gasteiger partial charge in [0.25, 0.3) is 0 Å². The number of nitrogen functional groups attached to an aromatic ring is 1. The Hall–Kier alpha value is -1.55. The zero-order chi connectivity index (χ0) is 11.4. The maximum Gasteiger partial charge on any atom is 0.0970 e. The fraction of sp³-hybridized carbons (Fsp3) is 0.250. The molecule has 0 radical (unpaired) electrons. The predicted octanol–water partition coefficient (Wildman–Crippen LogP) is 2.94. The lowest BCUT2D eigenvalue weighted by molar-refractivity contribution is 0.795. The lowest BCUT2D eigenvalue weighted by atomic mass is 10.2. The molecule has 0 amide bonds. The Labute approximate surface area is 99.3 Å². The summed E-state index contributed by atoms with van der Waals surface area (Å²) >= 11 is 1.69. The minimum absolute atomic E-state index is 0.418. The van der Waals surface area contributed by atoms with Gasteiger partial charge in [0.2, 0.25) is 0 Å². The van der Waals surface area contributed by atoms with E-state index < -0.39 is 0 Å². The Bertz CT molecular complexity index is 439. The second-order valence-corrected chi connectivity index (χ2v) is 4.70. The van der Waals surface area contributed by atoms with E-state index in [1.807, 2.05) is 35.8 Å². The first-order valence-corrected chi connectivity index (χ1v) is 6.12. The molecule has 2 rings (SSSR count). The maximum atomic E-state index is 5.71. The summed E-state index contributed by atoms with van der Waals surface area (Å²) in [5.74, 6) is 0.418. The average Bonchev–Trinajstić information content (AvgIpc) is 2.79. The molecule has 16 heavy (non-hydrogen) atoms. The number of benzene rings is 1. The standard InChI is InChI=1S/C12H15N3S/c1-9(12-14-5-6-16-12)8-15-11-4-2-3-10(13)7-11/h2-7,9,15H,8,13H2,1H3. The number of hydrogen-bond donors (Lipinski definition) is 2. The van der Waals surface area contributed by atoms with Crippen LogP contribution in [0.4, 0.5) is 11.4 Å². The van der Waals surface area contributed by atoms with Crippen LogP contribution in [-0.4, -0.2) is 11.5 Å². The van der Waals surface area contributed by atoms with Crippen LogP contribution in [0.3, 0.4) is 0 Å². The molecule has 1 aromatic heterocycles. The Morgan fingerprint density at radius 3 is 3.06 bits per heavy atom. The highest BCUT2D eigenvalue weighted by Gasteiger charge is 2.07. The first-order valence-electron chi connectivity index (χ1n) is 5.24. The third-order valence-electron chi connectivity index (χ3n) is 2.37. The van der Waals surface area contributed by atoms with Crippen molar-refractivity contribution in [2.75, 3.05) is 17.6 Å². The van der Waals surface area contributed by atoms with Crippen molar-refractivity contribution in [2.45, 2.75) is 12.8 Å². The first-order chi connectivity index (χ1) is 7.75. The number of rotatable bonds is 4. The van der Waals surface area contributed by atoms with Gasteiger partial charge >= 0.3 is 0 Å². The fourth-order valence-corrected chi connectivity index (χ4v) is 2.18. The smallest absolute Gasteiger partial charge is 0.0970 e. The van der Waals surface area contributed by atoms with Gasteiger partial charge in [-0.2, -0.15) is 0 Å². The Balaban J connectivity index is 1.92. The molecule has 4 heteroatoms. The molecule has 0 bridgehead atoms. The summed E-state index contributed by atoms with van der Waals surface area (Å²) in [6.45, 7) is 3.04. The number of thiazole rings is 1. The van der Waals surface area contributed by atoms with E-state index in [4.69, 9.17) is 5.73 Å². The number of anilines is 2. The molecule has 1 heterocycles. The molecule has 0 aliphatic carbocycles. The van der Waals surface area contributed by atoms with Gasteiger partial charge in [-0.3, -0.25) is 0 Å². The van der Waals surface area contributed by atoms with Crippen LogP contribution in [0.1, 0.15) is 17.8 Å². The molecular formula is C12H15N3S. The van der Waals surface area contributed by atoms with Gasteiger partial charge in [-0.15, -0.1) is 11.3 Å². The van der Waals surface area contributed by atoms with Crippen molar-refractivity contribution >= 4 is 22.7 Å². The largest absolute Gasteiger partial charge is 0.399 e. The summed E-state index contributed by atoms with van der Waals surface area (Å²) < 4.78 is 0. The van der Waals surface area contributed by atoms with Gasteiger partial charge in [0.05, 0.1) is 5.01 Å². The predicted molar refractivity (Wildman–Crippen MR) is 69.9 cm³/mol. The molecule has 3 N–H and O–H groups in total. The fourth-order valence-electron chi connectivity index (χ4n) is 1.48. The molecule has 0 aliphatic rings. The summed E-state index contributed by atoms with van der Waals surface area (Å²) in [6.07, 6.45) is 1.84. The monoisotopic (exact) mass is 233 g/mol. The number of aromatic nitrogens is 1. The minimum atomic E-state index is 0.418. The van der Waals surface area contributed by atoms with Crippen LogP contribution in [-0.2, 0) is 0 Å². The maximum absolute atomic E-state index is 5.71. The molecule has 84 valence electrons. The summed E-state index contributed by atoms with van der Waals surface area (Å²) in [6, 6.07) is 7.79. The summed E-state index contributed by atoms with van der Waals surface area (Å²) in [5, 5.41) is 6.53. The van der Waals surface area contributed by atoms with Gasteiger partial charge in [0, 0.05) is 35.4 Å². The molecular weight excluding hydrogens is 218 g/mol. The van der Waals surface area contributed by atoms with Crippen molar-refractivity contribution in [3.8, 4) is 0 Å². The molecule has 1 unspecified atom stereocenters. The number of nitrogens with one attached hydrogen (secondary N) is 1. The zero-order valence-corrected chi connectivity index (χ0v) is 10.00. The Morgan fingerprint density at radius 2 is 2.38 bits per heavy atom. The van der Waals surface area contributed by atoms with Crippen LogP contribution in [0.2, 0.25) is 0 Å². The molecule has 1 aromatic carbocycles. The second kappa shape index (κ2) is 4.99. The van der Waals surface area contributed by atoms with E-state index >= 15 is 0 Å². The summed E-state index contributed by atoms with van der Waals surface area (Å²) in [5.41, 5.74) is 7.55.